The van der Waals surface area contributed by atoms with Crippen molar-refractivity contribution in [1.29, 1.82) is 0 Å². The largest absolute Gasteiger partial charge is 0.461 e. The van der Waals surface area contributed by atoms with E-state index in [1.807, 2.05) is 77.9 Å². The topological polar surface area (TPSA) is 107 Å². The van der Waals surface area contributed by atoms with E-state index in [2.05, 4.69) is 30.9 Å². The van der Waals surface area contributed by atoms with E-state index in [1.54, 1.807) is 4.90 Å². The Balaban J connectivity index is 1.54. The second-order valence-electron chi connectivity index (χ2n) is 15.2. The number of aryl methyl sites for hydroxylation is 1. The molecule has 1 amide bonds. The van der Waals surface area contributed by atoms with Gasteiger partial charge >= 0.3 is 12.1 Å². The SMILES string of the molecule is Cc1nc(N)c(-c2ccc3c(c2)CCN(C(=O)OCc2ccccc2)C3)c(N2CCC(C)(C)CC2)c1[C@H](OC(C)(C)C)C(=O)OC(C)C. The number of piperidine rings is 1. The molecule has 48 heavy (non-hydrogen) atoms. The molecule has 1 fully saturated rings. The zero-order valence-corrected chi connectivity index (χ0v) is 29.9. The van der Waals surface area contributed by atoms with Gasteiger partial charge in [0.25, 0.3) is 0 Å². The lowest BCUT2D eigenvalue weighted by molar-refractivity contribution is -0.171. The Hall–Kier alpha value is -4.11. The Morgan fingerprint density at radius 3 is 2.33 bits per heavy atom. The maximum Gasteiger partial charge on any atom is 0.410 e. The Bertz CT molecular complexity index is 1620. The third kappa shape index (κ3) is 8.29. The number of nitrogens with two attached hydrogens (primary N) is 1. The number of esters is 1. The van der Waals surface area contributed by atoms with Crippen LogP contribution in [-0.4, -0.2) is 53.3 Å². The Kier molecular flexibility index (Phi) is 10.4. The molecule has 0 spiro atoms. The van der Waals surface area contributed by atoms with Crippen molar-refractivity contribution in [3.05, 3.63) is 76.5 Å². The lowest BCUT2D eigenvalue weighted by Gasteiger charge is -2.41. The van der Waals surface area contributed by atoms with Gasteiger partial charge in [-0.1, -0.05) is 62.4 Å². The van der Waals surface area contributed by atoms with Crippen molar-refractivity contribution in [1.82, 2.24) is 9.88 Å². The highest BCUT2D eigenvalue weighted by Crippen LogP contribution is 2.46. The first-order valence-electron chi connectivity index (χ1n) is 17.1. The minimum atomic E-state index is -0.989. The first kappa shape index (κ1) is 35.2. The minimum absolute atomic E-state index is 0.211. The van der Waals surface area contributed by atoms with Crippen LogP contribution in [0.3, 0.4) is 0 Å². The van der Waals surface area contributed by atoms with Gasteiger partial charge in [-0.25, -0.2) is 14.6 Å². The third-order valence-corrected chi connectivity index (χ3v) is 9.13. The predicted octanol–water partition coefficient (Wildman–Crippen LogP) is 7.77. The number of benzene rings is 2. The quantitative estimate of drug-likeness (QED) is 0.245. The first-order valence-corrected chi connectivity index (χ1v) is 17.1. The van der Waals surface area contributed by atoms with E-state index in [0.29, 0.717) is 36.6 Å². The number of ether oxygens (including phenoxy) is 3. The standard InChI is InChI=1S/C39H52N4O5/c1-25(2)47-36(44)34(48-38(4,5)6)31-26(3)41-35(40)32(33(31)42-20-17-39(7,8)18-21-42)29-14-15-30-23-43(19-16-28(30)22-29)37(45)46-24-27-12-10-9-11-13-27/h9-15,22,25,34H,16-21,23-24H2,1-8H3,(H2,40,41)/t34-/m0/s1. The fraction of sp³-hybridized carbons (Fsp3) is 0.513. The Labute approximate surface area is 285 Å². The third-order valence-electron chi connectivity index (χ3n) is 9.13. The minimum Gasteiger partial charge on any atom is -0.461 e. The number of carbonyl (C=O) groups excluding carboxylic acids is 2. The first-order chi connectivity index (χ1) is 22.6. The average molecular weight is 657 g/mol. The summed E-state index contributed by atoms with van der Waals surface area (Å²) in [7, 11) is 0. The van der Waals surface area contributed by atoms with Crippen molar-refractivity contribution in [2.45, 2.75) is 106 Å². The van der Waals surface area contributed by atoms with Crippen molar-refractivity contribution < 1.29 is 23.8 Å². The van der Waals surface area contributed by atoms with E-state index in [0.717, 1.165) is 59.4 Å². The van der Waals surface area contributed by atoms with Gasteiger partial charge in [0.2, 0.25) is 0 Å². The summed E-state index contributed by atoms with van der Waals surface area (Å²) < 4.78 is 17.9. The second-order valence-corrected chi connectivity index (χ2v) is 15.2. The number of anilines is 2. The summed E-state index contributed by atoms with van der Waals surface area (Å²) in [6.07, 6.45) is 1.05. The molecule has 1 saturated heterocycles. The van der Waals surface area contributed by atoms with Crippen LogP contribution in [0.2, 0.25) is 0 Å². The van der Waals surface area contributed by atoms with E-state index in [-0.39, 0.29) is 24.2 Å². The van der Waals surface area contributed by atoms with E-state index in [1.165, 1.54) is 0 Å². The average Bonchev–Trinajstić information content (AvgIpc) is 3.02. The molecule has 2 aromatic carbocycles. The monoisotopic (exact) mass is 656 g/mol. The Morgan fingerprint density at radius 1 is 1.00 bits per heavy atom. The molecule has 1 atom stereocenters. The molecule has 1 aromatic heterocycles. The van der Waals surface area contributed by atoms with Crippen LogP contribution in [0.1, 0.15) is 95.4 Å². The molecular weight excluding hydrogens is 604 g/mol. The number of nitrogens with zero attached hydrogens (tertiary/aromatic N) is 3. The van der Waals surface area contributed by atoms with Gasteiger partial charge in [0.15, 0.2) is 6.10 Å². The number of rotatable bonds is 8. The van der Waals surface area contributed by atoms with Gasteiger partial charge in [-0.3, -0.25) is 0 Å². The molecular formula is C39H52N4O5. The van der Waals surface area contributed by atoms with Gasteiger partial charge < -0.3 is 29.7 Å². The zero-order valence-electron chi connectivity index (χ0n) is 29.9. The highest BCUT2D eigenvalue weighted by Gasteiger charge is 2.38. The van der Waals surface area contributed by atoms with Crippen LogP contribution in [0, 0.1) is 12.3 Å². The van der Waals surface area contributed by atoms with Crippen LogP contribution in [0.4, 0.5) is 16.3 Å². The van der Waals surface area contributed by atoms with Crippen molar-refractivity contribution in [3.8, 4) is 11.1 Å². The van der Waals surface area contributed by atoms with Gasteiger partial charge in [-0.2, -0.15) is 0 Å². The molecule has 3 heterocycles. The number of aromatic nitrogens is 1. The van der Waals surface area contributed by atoms with E-state index >= 15 is 0 Å². The molecule has 0 bridgehead atoms. The maximum absolute atomic E-state index is 13.8. The molecule has 258 valence electrons. The molecule has 5 rings (SSSR count). The number of pyridine rings is 1. The van der Waals surface area contributed by atoms with Gasteiger partial charge in [0.05, 0.1) is 17.4 Å². The van der Waals surface area contributed by atoms with Crippen LogP contribution in [-0.2, 0) is 38.6 Å². The fourth-order valence-corrected chi connectivity index (χ4v) is 6.53. The van der Waals surface area contributed by atoms with Gasteiger partial charge in [-0.05, 0) is 88.5 Å². The molecule has 9 nitrogen and oxygen atoms in total. The zero-order chi connectivity index (χ0) is 34.8. The number of carbonyl (C=O) groups is 2. The van der Waals surface area contributed by atoms with Crippen LogP contribution in [0.15, 0.2) is 48.5 Å². The van der Waals surface area contributed by atoms with E-state index in [9.17, 15) is 9.59 Å². The lowest BCUT2D eigenvalue weighted by atomic mass is 9.81. The van der Waals surface area contributed by atoms with Gasteiger partial charge in [0, 0.05) is 43.0 Å². The number of nitrogen functional groups attached to an aromatic ring is 1. The number of amides is 1. The number of fused-ring (bicyclic) bond motifs is 1. The molecule has 9 heteroatoms. The summed E-state index contributed by atoms with van der Waals surface area (Å²) in [6.45, 7) is 18.9. The van der Waals surface area contributed by atoms with Crippen molar-refractivity contribution in [3.63, 3.8) is 0 Å². The molecule has 3 aromatic rings. The summed E-state index contributed by atoms with van der Waals surface area (Å²) >= 11 is 0. The van der Waals surface area contributed by atoms with Crippen LogP contribution in [0.25, 0.3) is 11.1 Å². The smallest absolute Gasteiger partial charge is 0.410 e. The van der Waals surface area contributed by atoms with Crippen LogP contribution >= 0.6 is 0 Å². The molecule has 2 aliphatic heterocycles. The van der Waals surface area contributed by atoms with Crippen molar-refractivity contribution in [2.75, 3.05) is 30.3 Å². The lowest BCUT2D eigenvalue weighted by Crippen LogP contribution is -2.39. The van der Waals surface area contributed by atoms with Crippen LogP contribution < -0.4 is 10.6 Å². The van der Waals surface area contributed by atoms with Crippen molar-refractivity contribution >= 4 is 23.6 Å². The normalized spacial score (nSPS) is 16.8. The highest BCUT2D eigenvalue weighted by molar-refractivity contribution is 5.92. The van der Waals surface area contributed by atoms with E-state index in [4.69, 9.17) is 24.9 Å². The molecule has 0 radical (unpaired) electrons. The summed E-state index contributed by atoms with van der Waals surface area (Å²) in [6, 6.07) is 16.0. The molecule has 0 unspecified atom stereocenters. The number of hydrogen-bond acceptors (Lipinski definition) is 8. The van der Waals surface area contributed by atoms with Gasteiger partial charge in [0.1, 0.15) is 12.4 Å². The second kappa shape index (κ2) is 14.2. The predicted molar refractivity (Wildman–Crippen MR) is 190 cm³/mol. The molecule has 2 aliphatic rings. The van der Waals surface area contributed by atoms with Gasteiger partial charge in [-0.15, -0.1) is 0 Å². The number of hydrogen-bond donors (Lipinski definition) is 1. The molecule has 0 aliphatic carbocycles. The van der Waals surface area contributed by atoms with E-state index < -0.39 is 17.7 Å². The molecule has 2 N–H and O–H groups in total. The highest BCUT2D eigenvalue weighted by atomic mass is 16.6. The fourth-order valence-electron chi connectivity index (χ4n) is 6.53. The summed E-state index contributed by atoms with van der Waals surface area (Å²) in [5.74, 6) is -0.0338. The molecule has 0 saturated carbocycles. The summed E-state index contributed by atoms with van der Waals surface area (Å²) in [4.78, 5) is 35.7. The Morgan fingerprint density at radius 2 is 1.69 bits per heavy atom. The summed E-state index contributed by atoms with van der Waals surface area (Å²) in [5.41, 5.74) is 13.5. The maximum atomic E-state index is 13.8. The van der Waals surface area contributed by atoms with Crippen LogP contribution in [0.5, 0.6) is 0 Å². The summed E-state index contributed by atoms with van der Waals surface area (Å²) in [5, 5.41) is 0. The van der Waals surface area contributed by atoms with Crippen molar-refractivity contribution in [2.24, 2.45) is 5.41 Å².